The van der Waals surface area contributed by atoms with Crippen LogP contribution in [0.5, 0.6) is 0 Å². The fourth-order valence-electron chi connectivity index (χ4n) is 0.773. The van der Waals surface area contributed by atoms with Crippen LogP contribution >= 0.6 is 11.8 Å². The van der Waals surface area contributed by atoms with Crippen molar-refractivity contribution in [2.75, 3.05) is 6.26 Å². The number of rotatable bonds is 5. The molecule has 0 radical (unpaired) electrons. The summed E-state index contributed by atoms with van der Waals surface area (Å²) in [5.74, 6) is 0.685. The van der Waals surface area contributed by atoms with E-state index in [-0.39, 0.29) is 0 Å². The molecule has 0 aliphatic carbocycles. The molecule has 0 amide bonds. The van der Waals surface area contributed by atoms with Crippen LogP contribution in [0.15, 0.2) is 28.2 Å². The Hall–Kier alpha value is -0.500. The van der Waals surface area contributed by atoms with Crippen molar-refractivity contribution in [1.82, 2.24) is 0 Å². The molecule has 0 spiro atoms. The summed E-state index contributed by atoms with van der Waals surface area (Å²) in [7, 11) is 0. The van der Waals surface area contributed by atoms with Gasteiger partial charge in [-0.15, -0.1) is 11.8 Å². The number of aliphatic imine (C=N–C) groups is 1. The summed E-state index contributed by atoms with van der Waals surface area (Å²) in [6.07, 6.45) is 9.11. The average Bonchev–Trinajstić information content (AvgIpc) is 2.04. The van der Waals surface area contributed by atoms with E-state index in [1.165, 1.54) is 0 Å². The van der Waals surface area contributed by atoms with Gasteiger partial charge in [0.1, 0.15) is 0 Å². The number of nitrogens with zero attached hydrogens (tertiary/aromatic N) is 1. The van der Waals surface area contributed by atoms with Crippen LogP contribution in [0.3, 0.4) is 0 Å². The number of thioether (sulfide) groups is 1. The third kappa shape index (κ3) is 7.85. The number of hydrogen-bond donors (Lipinski definition) is 0. The molecule has 2 heteroatoms. The predicted molar refractivity (Wildman–Crippen MR) is 64.4 cm³/mol. The predicted octanol–water partition coefficient (Wildman–Crippen LogP) is 3.88. The van der Waals surface area contributed by atoms with E-state index in [1.54, 1.807) is 11.8 Å². The van der Waals surface area contributed by atoms with Gasteiger partial charge in [-0.1, -0.05) is 19.9 Å². The van der Waals surface area contributed by atoms with Crippen molar-refractivity contribution in [2.45, 2.75) is 27.2 Å². The van der Waals surface area contributed by atoms with Gasteiger partial charge in [-0.05, 0) is 37.0 Å². The Labute approximate surface area is 86.0 Å². The van der Waals surface area contributed by atoms with Gasteiger partial charge in [0.15, 0.2) is 0 Å². The van der Waals surface area contributed by atoms with Gasteiger partial charge in [0.25, 0.3) is 0 Å². The van der Waals surface area contributed by atoms with Crippen LogP contribution in [0, 0.1) is 5.92 Å². The molecular formula is C11H19NS. The summed E-state index contributed by atoms with van der Waals surface area (Å²) in [6, 6.07) is 0. The standard InChI is InChI=1S/C11H19NS/c1-5-6-11(9-13-4)12-8-7-10(2)3/h5-6,8-10H,7H2,1-4H3/b6-5-,11-9-,12-8?. The Morgan fingerprint density at radius 1 is 1.46 bits per heavy atom. The number of allylic oxidation sites excluding steroid dienone is 2. The second kappa shape index (κ2) is 8.11. The first-order valence-corrected chi connectivity index (χ1v) is 5.87. The molecule has 0 saturated heterocycles. The highest BCUT2D eigenvalue weighted by Gasteiger charge is 1.89. The van der Waals surface area contributed by atoms with E-state index in [2.05, 4.69) is 24.2 Å². The van der Waals surface area contributed by atoms with Crippen LogP contribution in [0.4, 0.5) is 0 Å². The Bertz CT molecular complexity index is 202. The first-order valence-electron chi connectivity index (χ1n) is 4.58. The van der Waals surface area contributed by atoms with Gasteiger partial charge < -0.3 is 0 Å². The van der Waals surface area contributed by atoms with Gasteiger partial charge in [-0.3, -0.25) is 4.99 Å². The van der Waals surface area contributed by atoms with Crippen molar-refractivity contribution in [3.05, 3.63) is 23.3 Å². The molecule has 13 heavy (non-hydrogen) atoms. The highest BCUT2D eigenvalue weighted by atomic mass is 32.2. The molecule has 0 N–H and O–H groups in total. The van der Waals surface area contributed by atoms with Crippen LogP contribution in [0.2, 0.25) is 0 Å². The third-order valence-electron chi connectivity index (χ3n) is 1.39. The Balaban J connectivity index is 4.10. The lowest BCUT2D eigenvalue weighted by molar-refractivity contribution is 0.690. The molecule has 74 valence electrons. The van der Waals surface area contributed by atoms with E-state index in [0.29, 0.717) is 5.92 Å². The summed E-state index contributed by atoms with van der Waals surface area (Å²) >= 11 is 1.68. The Morgan fingerprint density at radius 3 is 2.62 bits per heavy atom. The van der Waals surface area contributed by atoms with Gasteiger partial charge in [0.2, 0.25) is 0 Å². The van der Waals surface area contributed by atoms with Gasteiger partial charge in [0.05, 0.1) is 5.70 Å². The zero-order valence-corrected chi connectivity index (χ0v) is 9.77. The SMILES string of the molecule is C/C=C\C(=C\SC)N=CCC(C)C. The Kier molecular flexibility index (Phi) is 7.80. The monoisotopic (exact) mass is 197 g/mol. The maximum Gasteiger partial charge on any atom is 0.0685 e. The first kappa shape index (κ1) is 12.5. The highest BCUT2D eigenvalue weighted by Crippen LogP contribution is 2.06. The van der Waals surface area contributed by atoms with Crippen LogP contribution in [-0.2, 0) is 0 Å². The van der Waals surface area contributed by atoms with Crippen molar-refractivity contribution >= 4 is 18.0 Å². The van der Waals surface area contributed by atoms with Gasteiger partial charge in [0, 0.05) is 6.21 Å². The van der Waals surface area contributed by atoms with Crippen molar-refractivity contribution in [3.8, 4) is 0 Å². The molecule has 0 fully saturated rings. The van der Waals surface area contributed by atoms with Crippen molar-refractivity contribution in [3.63, 3.8) is 0 Å². The van der Waals surface area contributed by atoms with Crippen LogP contribution in [-0.4, -0.2) is 12.5 Å². The van der Waals surface area contributed by atoms with Gasteiger partial charge in [-0.2, -0.15) is 0 Å². The zero-order valence-electron chi connectivity index (χ0n) is 8.95. The normalized spacial score (nSPS) is 13.8. The van der Waals surface area contributed by atoms with Crippen LogP contribution in [0.25, 0.3) is 0 Å². The summed E-state index contributed by atoms with van der Waals surface area (Å²) in [4.78, 5) is 4.37. The molecule has 1 nitrogen and oxygen atoms in total. The van der Waals surface area contributed by atoms with E-state index >= 15 is 0 Å². The summed E-state index contributed by atoms with van der Waals surface area (Å²) < 4.78 is 0. The molecule has 0 heterocycles. The van der Waals surface area contributed by atoms with Crippen LogP contribution in [0.1, 0.15) is 27.2 Å². The third-order valence-corrected chi connectivity index (χ3v) is 1.87. The lowest BCUT2D eigenvalue weighted by atomic mass is 10.1. The first-order chi connectivity index (χ1) is 6.20. The maximum absolute atomic E-state index is 4.37. The molecular weight excluding hydrogens is 178 g/mol. The molecule has 0 aliphatic heterocycles. The van der Waals surface area contributed by atoms with Crippen LogP contribution < -0.4 is 0 Å². The largest absolute Gasteiger partial charge is 0.261 e. The molecule has 0 saturated carbocycles. The van der Waals surface area contributed by atoms with E-state index in [0.717, 1.165) is 12.1 Å². The van der Waals surface area contributed by atoms with Crippen molar-refractivity contribution in [1.29, 1.82) is 0 Å². The minimum atomic E-state index is 0.685. The molecule has 0 atom stereocenters. The molecule has 0 rings (SSSR count). The minimum absolute atomic E-state index is 0.685. The van der Waals surface area contributed by atoms with E-state index < -0.39 is 0 Å². The molecule has 0 unspecified atom stereocenters. The summed E-state index contributed by atoms with van der Waals surface area (Å²) in [5, 5.41) is 2.05. The van der Waals surface area contributed by atoms with E-state index in [4.69, 9.17) is 0 Å². The highest BCUT2D eigenvalue weighted by molar-refractivity contribution is 8.01. The average molecular weight is 197 g/mol. The topological polar surface area (TPSA) is 12.4 Å². The molecule has 0 aromatic rings. The Morgan fingerprint density at radius 2 is 2.15 bits per heavy atom. The van der Waals surface area contributed by atoms with E-state index in [9.17, 15) is 0 Å². The van der Waals surface area contributed by atoms with E-state index in [1.807, 2.05) is 31.5 Å². The maximum atomic E-state index is 4.37. The van der Waals surface area contributed by atoms with Gasteiger partial charge >= 0.3 is 0 Å². The molecule has 0 aromatic heterocycles. The number of hydrogen-bond acceptors (Lipinski definition) is 2. The molecule has 0 aromatic carbocycles. The second-order valence-electron chi connectivity index (χ2n) is 3.22. The summed E-state index contributed by atoms with van der Waals surface area (Å²) in [6.45, 7) is 6.39. The fraction of sp³-hybridized carbons (Fsp3) is 0.545. The fourth-order valence-corrected chi connectivity index (χ4v) is 1.15. The van der Waals surface area contributed by atoms with Gasteiger partial charge in [-0.25, -0.2) is 0 Å². The molecule has 0 aliphatic rings. The lowest BCUT2D eigenvalue weighted by Gasteiger charge is -1.97. The van der Waals surface area contributed by atoms with Crippen molar-refractivity contribution in [2.24, 2.45) is 10.9 Å². The molecule has 0 bridgehead atoms. The second-order valence-corrected chi connectivity index (χ2v) is 3.93. The quantitative estimate of drug-likeness (QED) is 0.481. The smallest absolute Gasteiger partial charge is 0.0685 e. The zero-order chi connectivity index (χ0) is 10.1. The minimum Gasteiger partial charge on any atom is -0.261 e. The summed E-state index contributed by atoms with van der Waals surface area (Å²) in [5.41, 5.74) is 1.04. The lowest BCUT2D eigenvalue weighted by Crippen LogP contribution is -1.87. The van der Waals surface area contributed by atoms with Crippen molar-refractivity contribution < 1.29 is 0 Å².